The number of carboxylic acids is 1. The number of carbonyl (C=O) groups excluding carboxylic acids is 1. The third-order valence-electron chi connectivity index (χ3n) is 4.58. The van der Waals surface area contributed by atoms with Crippen LogP contribution in [-0.2, 0) is 14.8 Å². The predicted molar refractivity (Wildman–Crippen MR) is 131 cm³/mol. The van der Waals surface area contributed by atoms with Gasteiger partial charge in [-0.3, -0.25) is 9.52 Å². The van der Waals surface area contributed by atoms with Gasteiger partial charge in [-0.05, 0) is 68.4 Å². The van der Waals surface area contributed by atoms with Crippen LogP contribution in [0.15, 0.2) is 76.5 Å². The third-order valence-corrected chi connectivity index (χ3v) is 7.42. The second kappa shape index (κ2) is 10.3. The van der Waals surface area contributed by atoms with Crippen molar-refractivity contribution >= 4 is 56.6 Å². The van der Waals surface area contributed by atoms with Crippen molar-refractivity contribution in [2.75, 3.05) is 10.0 Å². The smallest absolute Gasteiger partial charge is 0.337 e. The normalized spacial score (nSPS) is 12.1. The number of hydrogen-bond acceptors (Lipinski definition) is 5. The van der Waals surface area contributed by atoms with E-state index in [1.165, 1.54) is 30.0 Å². The number of anilines is 2. The molecule has 0 aliphatic heterocycles. The summed E-state index contributed by atoms with van der Waals surface area (Å²) in [6.45, 7) is 3.59. The van der Waals surface area contributed by atoms with Gasteiger partial charge < -0.3 is 10.4 Å². The molecular weight excluding hydrogens is 484 g/mol. The van der Waals surface area contributed by atoms with Gasteiger partial charge in [-0.2, -0.15) is 0 Å². The highest BCUT2D eigenvalue weighted by Gasteiger charge is 2.17. The molecule has 3 aromatic rings. The van der Waals surface area contributed by atoms with Gasteiger partial charge >= 0.3 is 5.97 Å². The molecule has 0 aliphatic rings. The highest BCUT2D eigenvalue weighted by atomic mass is 35.5. The Morgan fingerprint density at radius 3 is 2.18 bits per heavy atom. The SMILES string of the molecule is Cc1ccc(S(=O)(=O)Nc2ccc(SC(C)C(=O)Nc3ccc(Cl)c(C(=O)O)c3)cc2)cc1. The highest BCUT2D eigenvalue weighted by molar-refractivity contribution is 8.00. The van der Waals surface area contributed by atoms with Gasteiger partial charge in [0.15, 0.2) is 0 Å². The summed E-state index contributed by atoms with van der Waals surface area (Å²) in [4.78, 5) is 24.6. The minimum atomic E-state index is -3.70. The van der Waals surface area contributed by atoms with Crippen LogP contribution in [0.1, 0.15) is 22.8 Å². The Kier molecular flexibility index (Phi) is 7.68. The van der Waals surface area contributed by atoms with Crippen molar-refractivity contribution in [3.8, 4) is 0 Å². The standard InChI is InChI=1S/C23H21ClN2O5S2/c1-14-3-10-19(11-4-14)33(30,31)26-16-5-8-18(9-6-16)32-15(2)22(27)25-17-7-12-21(24)20(13-17)23(28)29/h3-13,15,26H,1-2H3,(H,25,27)(H,28,29). The van der Waals surface area contributed by atoms with Gasteiger partial charge in [-0.25, -0.2) is 13.2 Å². The Hall–Kier alpha value is -3.01. The van der Waals surface area contributed by atoms with Gasteiger partial charge in [0, 0.05) is 16.3 Å². The van der Waals surface area contributed by atoms with E-state index in [0.29, 0.717) is 11.4 Å². The van der Waals surface area contributed by atoms with Crippen LogP contribution < -0.4 is 10.0 Å². The predicted octanol–water partition coefficient (Wildman–Crippen LogP) is 5.27. The van der Waals surface area contributed by atoms with Crippen LogP contribution in [0.5, 0.6) is 0 Å². The summed E-state index contributed by atoms with van der Waals surface area (Å²) >= 11 is 7.13. The van der Waals surface area contributed by atoms with Gasteiger partial charge in [-0.15, -0.1) is 11.8 Å². The number of carbonyl (C=O) groups is 2. The molecule has 0 heterocycles. The molecule has 1 unspecified atom stereocenters. The lowest BCUT2D eigenvalue weighted by molar-refractivity contribution is -0.115. The Labute approximate surface area is 201 Å². The molecule has 0 radical (unpaired) electrons. The number of amides is 1. The molecule has 0 spiro atoms. The number of carboxylic acid groups (broad SMARTS) is 1. The zero-order valence-corrected chi connectivity index (χ0v) is 20.1. The summed E-state index contributed by atoms with van der Waals surface area (Å²) in [6, 6.07) is 17.5. The first-order valence-corrected chi connectivity index (χ1v) is 12.5. The lowest BCUT2D eigenvalue weighted by Gasteiger charge is -2.13. The topological polar surface area (TPSA) is 113 Å². The molecule has 3 aromatic carbocycles. The van der Waals surface area contributed by atoms with Gasteiger partial charge in [0.2, 0.25) is 5.91 Å². The average molecular weight is 505 g/mol. The maximum Gasteiger partial charge on any atom is 0.337 e. The van der Waals surface area contributed by atoms with Gasteiger partial charge in [0.25, 0.3) is 10.0 Å². The van der Waals surface area contributed by atoms with E-state index in [4.69, 9.17) is 16.7 Å². The summed E-state index contributed by atoms with van der Waals surface area (Å²) < 4.78 is 27.6. The van der Waals surface area contributed by atoms with Crippen molar-refractivity contribution in [1.82, 2.24) is 0 Å². The second-order valence-electron chi connectivity index (χ2n) is 7.19. The fourth-order valence-corrected chi connectivity index (χ4v) is 4.93. The summed E-state index contributed by atoms with van der Waals surface area (Å²) in [5.74, 6) is -1.50. The summed E-state index contributed by atoms with van der Waals surface area (Å²) in [7, 11) is -3.70. The zero-order chi connectivity index (χ0) is 24.2. The fraction of sp³-hybridized carbons (Fsp3) is 0.130. The van der Waals surface area contributed by atoms with Gasteiger partial charge in [0.05, 0.1) is 20.7 Å². The van der Waals surface area contributed by atoms with Crippen LogP contribution >= 0.6 is 23.4 Å². The van der Waals surface area contributed by atoms with E-state index in [-0.39, 0.29) is 21.4 Å². The van der Waals surface area contributed by atoms with E-state index in [1.54, 1.807) is 55.5 Å². The van der Waals surface area contributed by atoms with Gasteiger partial charge in [-0.1, -0.05) is 29.3 Å². The van der Waals surface area contributed by atoms with E-state index in [9.17, 15) is 18.0 Å². The molecule has 172 valence electrons. The van der Waals surface area contributed by atoms with Crippen LogP contribution in [0.25, 0.3) is 0 Å². The van der Waals surface area contributed by atoms with Crippen molar-refractivity contribution < 1.29 is 23.1 Å². The molecule has 33 heavy (non-hydrogen) atoms. The number of hydrogen-bond donors (Lipinski definition) is 3. The largest absolute Gasteiger partial charge is 0.478 e. The summed E-state index contributed by atoms with van der Waals surface area (Å²) in [6.07, 6.45) is 0. The van der Waals surface area contributed by atoms with Crippen molar-refractivity contribution in [2.24, 2.45) is 0 Å². The molecule has 3 rings (SSSR count). The number of benzene rings is 3. The maximum absolute atomic E-state index is 12.5. The first-order chi connectivity index (χ1) is 15.5. The number of sulfonamides is 1. The summed E-state index contributed by atoms with van der Waals surface area (Å²) in [5, 5.41) is 11.4. The average Bonchev–Trinajstić information content (AvgIpc) is 2.76. The van der Waals surface area contributed by atoms with E-state index in [0.717, 1.165) is 10.5 Å². The zero-order valence-electron chi connectivity index (χ0n) is 17.7. The molecule has 0 saturated heterocycles. The maximum atomic E-state index is 12.5. The van der Waals surface area contributed by atoms with Crippen molar-refractivity contribution in [1.29, 1.82) is 0 Å². The van der Waals surface area contributed by atoms with Crippen LogP contribution in [0.2, 0.25) is 5.02 Å². The van der Waals surface area contributed by atoms with Crippen molar-refractivity contribution in [3.05, 3.63) is 82.9 Å². The first-order valence-electron chi connectivity index (χ1n) is 9.75. The fourth-order valence-electron chi connectivity index (χ4n) is 2.80. The van der Waals surface area contributed by atoms with Crippen molar-refractivity contribution in [2.45, 2.75) is 28.9 Å². The molecule has 0 aliphatic carbocycles. The summed E-state index contributed by atoms with van der Waals surface area (Å²) in [5.41, 5.74) is 1.60. The lowest BCUT2D eigenvalue weighted by Crippen LogP contribution is -2.22. The molecule has 7 nitrogen and oxygen atoms in total. The number of aryl methyl sites for hydroxylation is 1. The molecule has 0 bridgehead atoms. The monoisotopic (exact) mass is 504 g/mol. The molecule has 0 saturated carbocycles. The Morgan fingerprint density at radius 2 is 1.58 bits per heavy atom. The van der Waals surface area contributed by atoms with Crippen molar-refractivity contribution in [3.63, 3.8) is 0 Å². The highest BCUT2D eigenvalue weighted by Crippen LogP contribution is 2.27. The number of aromatic carboxylic acids is 1. The molecule has 1 amide bonds. The van der Waals surface area contributed by atoms with Crippen LogP contribution in [0.4, 0.5) is 11.4 Å². The Morgan fingerprint density at radius 1 is 0.970 bits per heavy atom. The molecular formula is C23H21ClN2O5S2. The molecule has 10 heteroatoms. The number of rotatable bonds is 8. The molecule has 3 N–H and O–H groups in total. The molecule has 1 atom stereocenters. The Balaban J connectivity index is 1.62. The number of thioether (sulfide) groups is 1. The lowest BCUT2D eigenvalue weighted by atomic mass is 10.2. The van der Waals surface area contributed by atoms with Crippen LogP contribution in [-0.4, -0.2) is 30.7 Å². The molecule has 0 fully saturated rings. The first kappa shape index (κ1) is 24.6. The minimum absolute atomic E-state index is 0.0843. The molecule has 0 aromatic heterocycles. The third kappa shape index (κ3) is 6.50. The quantitative estimate of drug-likeness (QED) is 0.360. The second-order valence-corrected chi connectivity index (χ2v) is 10.7. The Bertz CT molecular complexity index is 1280. The van der Waals surface area contributed by atoms with E-state index in [1.807, 2.05) is 6.92 Å². The van der Waals surface area contributed by atoms with E-state index < -0.39 is 21.2 Å². The van der Waals surface area contributed by atoms with Crippen LogP contribution in [0, 0.1) is 6.92 Å². The van der Waals surface area contributed by atoms with E-state index >= 15 is 0 Å². The number of nitrogens with one attached hydrogen (secondary N) is 2. The minimum Gasteiger partial charge on any atom is -0.478 e. The van der Waals surface area contributed by atoms with Gasteiger partial charge in [0.1, 0.15) is 0 Å². The van der Waals surface area contributed by atoms with Crippen LogP contribution in [0.3, 0.4) is 0 Å². The number of halogens is 1. The van der Waals surface area contributed by atoms with E-state index in [2.05, 4.69) is 10.0 Å².